The number of ether oxygens (including phenoxy) is 2. The number of carbonyl (C=O) groups is 1. The summed E-state index contributed by atoms with van der Waals surface area (Å²) in [5.74, 6) is 1.74. The molecule has 2 rings (SSSR count). The molecule has 22 heavy (non-hydrogen) atoms. The van der Waals surface area contributed by atoms with Crippen molar-refractivity contribution in [2.24, 2.45) is 0 Å². The van der Waals surface area contributed by atoms with Gasteiger partial charge in [0.25, 0.3) is 0 Å². The molecule has 118 valence electrons. The van der Waals surface area contributed by atoms with Gasteiger partial charge in [0.1, 0.15) is 5.75 Å². The highest BCUT2D eigenvalue weighted by Crippen LogP contribution is 2.26. The van der Waals surface area contributed by atoms with Crippen LogP contribution in [-0.2, 0) is 9.53 Å². The van der Waals surface area contributed by atoms with Gasteiger partial charge in [0, 0.05) is 19.2 Å². The minimum atomic E-state index is -0.0387. The van der Waals surface area contributed by atoms with Crippen LogP contribution in [0.2, 0.25) is 0 Å². The van der Waals surface area contributed by atoms with Gasteiger partial charge < -0.3 is 14.8 Å². The van der Waals surface area contributed by atoms with Crippen molar-refractivity contribution in [1.29, 1.82) is 0 Å². The van der Waals surface area contributed by atoms with E-state index in [2.05, 4.69) is 14.7 Å². The van der Waals surface area contributed by atoms with Crippen molar-refractivity contribution in [3.8, 4) is 17.1 Å². The third-order valence-electron chi connectivity index (χ3n) is 2.71. The van der Waals surface area contributed by atoms with E-state index in [0.717, 1.165) is 15.7 Å². The molecule has 0 unspecified atom stereocenters. The van der Waals surface area contributed by atoms with E-state index in [1.165, 1.54) is 23.3 Å². The lowest BCUT2D eigenvalue weighted by molar-refractivity contribution is -0.118. The SMILES string of the molecule is COCCNC(=O)CSc1nc(-c2ccc(OC)cc2)ns1. The van der Waals surface area contributed by atoms with Crippen LogP contribution in [0, 0.1) is 0 Å². The van der Waals surface area contributed by atoms with Gasteiger partial charge in [0.15, 0.2) is 10.2 Å². The quantitative estimate of drug-likeness (QED) is 0.586. The fourth-order valence-corrected chi connectivity index (χ4v) is 3.04. The topological polar surface area (TPSA) is 73.3 Å². The van der Waals surface area contributed by atoms with Crippen LogP contribution in [0.4, 0.5) is 0 Å². The van der Waals surface area contributed by atoms with Crippen molar-refractivity contribution in [3.05, 3.63) is 24.3 Å². The van der Waals surface area contributed by atoms with Crippen LogP contribution in [0.25, 0.3) is 11.4 Å². The second-order valence-electron chi connectivity index (χ2n) is 4.24. The van der Waals surface area contributed by atoms with Crippen LogP contribution in [0.15, 0.2) is 28.6 Å². The first-order valence-corrected chi connectivity index (χ1v) is 8.35. The zero-order valence-electron chi connectivity index (χ0n) is 12.4. The molecule has 8 heteroatoms. The molecule has 0 aliphatic rings. The largest absolute Gasteiger partial charge is 0.497 e. The summed E-state index contributed by atoms with van der Waals surface area (Å²) in [5, 5.41) is 2.76. The number of thioether (sulfide) groups is 1. The predicted octanol–water partition coefficient (Wildman–Crippen LogP) is 2.07. The molecule has 0 fully saturated rings. The summed E-state index contributed by atoms with van der Waals surface area (Å²) in [6.07, 6.45) is 0. The van der Waals surface area contributed by atoms with Gasteiger partial charge in [-0.3, -0.25) is 4.79 Å². The third kappa shape index (κ3) is 4.97. The van der Waals surface area contributed by atoms with Gasteiger partial charge in [0.2, 0.25) is 5.91 Å². The first-order chi connectivity index (χ1) is 10.7. The second kappa shape index (κ2) is 8.72. The molecule has 1 heterocycles. The maximum atomic E-state index is 11.6. The Hall–Kier alpha value is -1.64. The molecule has 0 aliphatic heterocycles. The molecule has 2 aromatic rings. The summed E-state index contributed by atoms with van der Waals surface area (Å²) in [4.78, 5) is 16.0. The van der Waals surface area contributed by atoms with E-state index in [1.807, 2.05) is 24.3 Å². The van der Waals surface area contributed by atoms with Crippen molar-refractivity contribution >= 4 is 29.2 Å². The minimum Gasteiger partial charge on any atom is -0.497 e. The van der Waals surface area contributed by atoms with E-state index in [4.69, 9.17) is 9.47 Å². The van der Waals surface area contributed by atoms with Crippen LogP contribution in [0.5, 0.6) is 5.75 Å². The van der Waals surface area contributed by atoms with Crippen molar-refractivity contribution in [3.63, 3.8) is 0 Å². The summed E-state index contributed by atoms with van der Waals surface area (Å²) in [7, 11) is 3.23. The molecular weight excluding hydrogens is 322 g/mol. The Labute approximate surface area is 137 Å². The van der Waals surface area contributed by atoms with E-state index in [-0.39, 0.29) is 5.91 Å². The van der Waals surface area contributed by atoms with Crippen LogP contribution in [0.3, 0.4) is 0 Å². The predicted molar refractivity (Wildman–Crippen MR) is 87.5 cm³/mol. The van der Waals surface area contributed by atoms with Crippen LogP contribution in [0.1, 0.15) is 0 Å². The monoisotopic (exact) mass is 339 g/mol. The van der Waals surface area contributed by atoms with Crippen molar-refractivity contribution in [1.82, 2.24) is 14.7 Å². The fourth-order valence-electron chi connectivity index (χ4n) is 1.60. The van der Waals surface area contributed by atoms with Gasteiger partial charge in [-0.25, -0.2) is 4.98 Å². The summed E-state index contributed by atoms with van der Waals surface area (Å²) in [6.45, 7) is 1.03. The molecule has 1 N–H and O–H groups in total. The number of carbonyl (C=O) groups excluding carboxylic acids is 1. The van der Waals surface area contributed by atoms with Gasteiger partial charge in [-0.1, -0.05) is 11.8 Å². The second-order valence-corrected chi connectivity index (χ2v) is 6.22. The lowest BCUT2D eigenvalue weighted by atomic mass is 10.2. The highest BCUT2D eigenvalue weighted by atomic mass is 32.2. The number of nitrogens with zero attached hydrogens (tertiary/aromatic N) is 2. The molecule has 1 aromatic carbocycles. The van der Waals surface area contributed by atoms with E-state index >= 15 is 0 Å². The van der Waals surface area contributed by atoms with E-state index < -0.39 is 0 Å². The maximum Gasteiger partial charge on any atom is 0.230 e. The summed E-state index contributed by atoms with van der Waals surface area (Å²) < 4.78 is 15.1. The molecule has 0 saturated carbocycles. The number of amides is 1. The third-order valence-corrected chi connectivity index (χ3v) is 4.54. The van der Waals surface area contributed by atoms with E-state index in [0.29, 0.717) is 24.7 Å². The average molecular weight is 339 g/mol. The first-order valence-electron chi connectivity index (χ1n) is 6.59. The Morgan fingerprint density at radius 1 is 1.32 bits per heavy atom. The summed E-state index contributed by atoms with van der Waals surface area (Å²) >= 11 is 2.67. The molecule has 0 spiro atoms. The Balaban J connectivity index is 1.86. The molecule has 6 nitrogen and oxygen atoms in total. The van der Waals surface area contributed by atoms with E-state index in [1.54, 1.807) is 14.2 Å². The number of aromatic nitrogens is 2. The number of hydrogen-bond acceptors (Lipinski definition) is 7. The lowest BCUT2D eigenvalue weighted by Crippen LogP contribution is -2.28. The van der Waals surface area contributed by atoms with Crippen LogP contribution in [-0.4, -0.2) is 48.4 Å². The zero-order valence-corrected chi connectivity index (χ0v) is 14.0. The molecule has 0 bridgehead atoms. The van der Waals surface area contributed by atoms with Crippen LogP contribution < -0.4 is 10.1 Å². The normalized spacial score (nSPS) is 10.5. The molecule has 0 aliphatic carbocycles. The number of methoxy groups -OCH3 is 2. The molecule has 1 amide bonds. The van der Waals surface area contributed by atoms with Gasteiger partial charge >= 0.3 is 0 Å². The van der Waals surface area contributed by atoms with Crippen molar-refractivity contribution < 1.29 is 14.3 Å². The molecular formula is C14H17N3O3S2. The molecule has 1 aromatic heterocycles. The zero-order chi connectivity index (χ0) is 15.8. The average Bonchev–Trinajstić information content (AvgIpc) is 3.02. The minimum absolute atomic E-state index is 0.0387. The summed E-state index contributed by atoms with van der Waals surface area (Å²) in [5.41, 5.74) is 0.924. The Morgan fingerprint density at radius 2 is 2.09 bits per heavy atom. The standard InChI is InChI=1S/C14H17N3O3S2/c1-19-8-7-15-12(18)9-21-14-16-13(17-22-14)10-3-5-11(20-2)6-4-10/h3-6H,7-9H2,1-2H3,(H,15,18). The number of nitrogens with one attached hydrogen (secondary N) is 1. The molecule has 0 saturated heterocycles. The van der Waals surface area contributed by atoms with Crippen molar-refractivity contribution in [2.75, 3.05) is 33.1 Å². The lowest BCUT2D eigenvalue weighted by Gasteiger charge is -2.02. The van der Waals surface area contributed by atoms with Gasteiger partial charge in [-0.15, -0.1) is 0 Å². The van der Waals surface area contributed by atoms with Crippen LogP contribution >= 0.6 is 23.3 Å². The smallest absolute Gasteiger partial charge is 0.230 e. The molecule has 0 atom stereocenters. The number of hydrogen-bond donors (Lipinski definition) is 1. The molecule has 0 radical (unpaired) electrons. The fraction of sp³-hybridized carbons (Fsp3) is 0.357. The number of rotatable bonds is 8. The van der Waals surface area contributed by atoms with Gasteiger partial charge in [-0.05, 0) is 35.8 Å². The maximum absolute atomic E-state index is 11.6. The van der Waals surface area contributed by atoms with Crippen molar-refractivity contribution in [2.45, 2.75) is 4.34 Å². The summed E-state index contributed by atoms with van der Waals surface area (Å²) in [6, 6.07) is 7.55. The highest BCUT2D eigenvalue weighted by molar-refractivity contribution is 8.01. The Morgan fingerprint density at radius 3 is 2.77 bits per heavy atom. The Bertz CT molecular complexity index is 602. The first kappa shape index (κ1) is 16.7. The van der Waals surface area contributed by atoms with E-state index in [9.17, 15) is 4.79 Å². The van der Waals surface area contributed by atoms with Gasteiger partial charge in [0.05, 0.1) is 19.5 Å². The highest BCUT2D eigenvalue weighted by Gasteiger charge is 2.09. The Kier molecular flexibility index (Phi) is 6.63. The van der Waals surface area contributed by atoms with Gasteiger partial charge in [-0.2, -0.15) is 4.37 Å². The number of benzene rings is 1.